The first-order chi connectivity index (χ1) is 15.0. The molecule has 0 bridgehead atoms. The number of rotatable bonds is 4. The number of primary amides is 1. The Morgan fingerprint density at radius 1 is 1.10 bits per heavy atom. The van der Waals surface area contributed by atoms with Crippen LogP contribution in [0.3, 0.4) is 0 Å². The van der Waals surface area contributed by atoms with Gasteiger partial charge in [0.15, 0.2) is 0 Å². The minimum absolute atomic E-state index is 0.0235. The summed E-state index contributed by atoms with van der Waals surface area (Å²) in [5.74, 6) is 0.0871. The minimum atomic E-state index is -0.547. The fraction of sp³-hybridized carbons (Fsp3) is 0.292. The second-order valence-electron chi connectivity index (χ2n) is 7.53. The molecule has 0 radical (unpaired) electrons. The molecule has 1 saturated heterocycles. The molecule has 7 nitrogen and oxygen atoms in total. The van der Waals surface area contributed by atoms with Crippen LogP contribution in [0.4, 0.5) is 0 Å². The van der Waals surface area contributed by atoms with Gasteiger partial charge in [-0.25, -0.2) is 0 Å². The van der Waals surface area contributed by atoms with E-state index < -0.39 is 5.91 Å². The summed E-state index contributed by atoms with van der Waals surface area (Å²) in [5.41, 5.74) is 9.46. The number of aryl methyl sites for hydroxylation is 1. The standard InChI is InChI=1S/C24H25N3O4/c1-15-21(23(25)28)22(19-14-18(30-2)8-9-20(19)26-15)16-4-6-17(7-5-16)24(29)27-10-3-12-31-13-11-27/h4-9,14H,3,10-13H2,1-2H3,(H2,25,28). The molecular formula is C24H25N3O4. The smallest absolute Gasteiger partial charge is 0.253 e. The maximum atomic E-state index is 12.9. The van der Waals surface area contributed by atoms with Gasteiger partial charge in [0.1, 0.15) is 5.75 Å². The van der Waals surface area contributed by atoms with Gasteiger partial charge in [-0.2, -0.15) is 0 Å². The summed E-state index contributed by atoms with van der Waals surface area (Å²) >= 11 is 0. The lowest BCUT2D eigenvalue weighted by molar-refractivity contribution is 0.0741. The number of aromatic nitrogens is 1. The van der Waals surface area contributed by atoms with E-state index in [-0.39, 0.29) is 5.91 Å². The largest absolute Gasteiger partial charge is 0.497 e. The van der Waals surface area contributed by atoms with Gasteiger partial charge in [-0.1, -0.05) is 12.1 Å². The number of carbonyl (C=O) groups is 2. The van der Waals surface area contributed by atoms with Crippen molar-refractivity contribution in [2.24, 2.45) is 5.73 Å². The van der Waals surface area contributed by atoms with Gasteiger partial charge in [0.25, 0.3) is 11.8 Å². The Hall–Kier alpha value is -3.45. The number of nitrogens with zero attached hydrogens (tertiary/aromatic N) is 2. The molecule has 0 unspecified atom stereocenters. The quantitative estimate of drug-likeness (QED) is 0.701. The van der Waals surface area contributed by atoms with Gasteiger partial charge in [-0.3, -0.25) is 14.6 Å². The predicted molar refractivity (Wildman–Crippen MR) is 118 cm³/mol. The van der Waals surface area contributed by atoms with E-state index in [0.29, 0.717) is 54.4 Å². The average molecular weight is 419 g/mol. The highest BCUT2D eigenvalue weighted by Gasteiger charge is 2.21. The zero-order chi connectivity index (χ0) is 22.0. The second kappa shape index (κ2) is 8.73. The molecule has 4 rings (SSSR count). The van der Waals surface area contributed by atoms with Crippen molar-refractivity contribution in [2.75, 3.05) is 33.4 Å². The monoisotopic (exact) mass is 419 g/mol. The van der Waals surface area contributed by atoms with Crippen LogP contribution in [0.15, 0.2) is 42.5 Å². The number of ether oxygens (including phenoxy) is 2. The van der Waals surface area contributed by atoms with Gasteiger partial charge in [-0.15, -0.1) is 0 Å². The van der Waals surface area contributed by atoms with Crippen molar-refractivity contribution < 1.29 is 19.1 Å². The van der Waals surface area contributed by atoms with Crippen LogP contribution < -0.4 is 10.5 Å². The number of hydrogen-bond acceptors (Lipinski definition) is 5. The van der Waals surface area contributed by atoms with Crippen LogP contribution in [0.25, 0.3) is 22.0 Å². The first-order valence-corrected chi connectivity index (χ1v) is 10.2. The summed E-state index contributed by atoms with van der Waals surface area (Å²) in [6, 6.07) is 12.8. The predicted octanol–water partition coefficient (Wildman–Crippen LogP) is 3.18. The molecule has 1 aliphatic heterocycles. The molecular weight excluding hydrogens is 394 g/mol. The lowest BCUT2D eigenvalue weighted by Crippen LogP contribution is -2.33. The molecule has 2 amide bonds. The third-order valence-corrected chi connectivity index (χ3v) is 5.55. The third kappa shape index (κ3) is 4.09. The lowest BCUT2D eigenvalue weighted by Gasteiger charge is -2.20. The summed E-state index contributed by atoms with van der Waals surface area (Å²) in [7, 11) is 1.59. The number of fused-ring (bicyclic) bond motifs is 1. The van der Waals surface area contributed by atoms with Crippen LogP contribution in [0.2, 0.25) is 0 Å². The van der Waals surface area contributed by atoms with E-state index in [1.807, 2.05) is 35.2 Å². The molecule has 0 aliphatic carbocycles. The molecule has 1 aromatic heterocycles. The van der Waals surface area contributed by atoms with Crippen molar-refractivity contribution in [3.8, 4) is 16.9 Å². The molecule has 7 heteroatoms. The first-order valence-electron chi connectivity index (χ1n) is 10.2. The highest BCUT2D eigenvalue weighted by atomic mass is 16.5. The summed E-state index contributed by atoms with van der Waals surface area (Å²) in [6.07, 6.45) is 0.829. The van der Waals surface area contributed by atoms with E-state index in [1.165, 1.54) is 0 Å². The van der Waals surface area contributed by atoms with Crippen molar-refractivity contribution in [1.82, 2.24) is 9.88 Å². The molecule has 1 aliphatic rings. The van der Waals surface area contributed by atoms with E-state index in [1.54, 1.807) is 26.2 Å². The maximum Gasteiger partial charge on any atom is 0.253 e. The molecule has 3 aromatic rings. The van der Waals surface area contributed by atoms with Gasteiger partial charge < -0.3 is 20.1 Å². The van der Waals surface area contributed by atoms with Crippen LogP contribution in [0, 0.1) is 6.92 Å². The maximum absolute atomic E-state index is 12.9. The number of hydrogen-bond donors (Lipinski definition) is 1. The average Bonchev–Trinajstić information content (AvgIpc) is 3.07. The zero-order valence-corrected chi connectivity index (χ0v) is 17.7. The molecule has 160 valence electrons. The van der Waals surface area contributed by atoms with Crippen LogP contribution in [0.5, 0.6) is 5.75 Å². The normalized spacial score (nSPS) is 14.3. The summed E-state index contributed by atoms with van der Waals surface area (Å²) in [6.45, 7) is 4.26. The summed E-state index contributed by atoms with van der Waals surface area (Å²) < 4.78 is 10.8. The Balaban J connectivity index is 1.79. The van der Waals surface area contributed by atoms with Crippen LogP contribution >= 0.6 is 0 Å². The zero-order valence-electron chi connectivity index (χ0n) is 17.7. The van der Waals surface area contributed by atoms with Crippen molar-refractivity contribution in [3.63, 3.8) is 0 Å². The molecule has 2 N–H and O–H groups in total. The van der Waals surface area contributed by atoms with E-state index in [4.69, 9.17) is 15.2 Å². The van der Waals surface area contributed by atoms with E-state index in [0.717, 1.165) is 22.9 Å². The summed E-state index contributed by atoms with van der Waals surface area (Å²) in [4.78, 5) is 31.6. The first kappa shape index (κ1) is 20.8. The fourth-order valence-corrected chi connectivity index (χ4v) is 4.00. The van der Waals surface area contributed by atoms with E-state index in [9.17, 15) is 9.59 Å². The van der Waals surface area contributed by atoms with E-state index in [2.05, 4.69) is 4.98 Å². The molecule has 0 atom stereocenters. The summed E-state index contributed by atoms with van der Waals surface area (Å²) in [5, 5.41) is 0.766. The van der Waals surface area contributed by atoms with Gasteiger partial charge >= 0.3 is 0 Å². The van der Waals surface area contributed by atoms with Gasteiger partial charge in [0.2, 0.25) is 0 Å². The Labute approximate surface area is 180 Å². The highest BCUT2D eigenvalue weighted by molar-refractivity contribution is 6.09. The molecule has 31 heavy (non-hydrogen) atoms. The third-order valence-electron chi connectivity index (χ3n) is 5.55. The van der Waals surface area contributed by atoms with Crippen molar-refractivity contribution in [1.29, 1.82) is 0 Å². The van der Waals surface area contributed by atoms with Crippen molar-refractivity contribution in [2.45, 2.75) is 13.3 Å². The number of nitrogens with two attached hydrogens (primary N) is 1. The molecule has 2 aromatic carbocycles. The second-order valence-corrected chi connectivity index (χ2v) is 7.53. The Morgan fingerprint density at radius 2 is 1.87 bits per heavy atom. The minimum Gasteiger partial charge on any atom is -0.497 e. The molecule has 1 fully saturated rings. The number of methoxy groups -OCH3 is 1. The highest BCUT2D eigenvalue weighted by Crippen LogP contribution is 2.35. The van der Waals surface area contributed by atoms with E-state index >= 15 is 0 Å². The van der Waals surface area contributed by atoms with Crippen LogP contribution in [0.1, 0.15) is 32.8 Å². The lowest BCUT2D eigenvalue weighted by atomic mass is 9.93. The van der Waals surface area contributed by atoms with Gasteiger partial charge in [0, 0.05) is 36.2 Å². The van der Waals surface area contributed by atoms with Crippen LogP contribution in [-0.4, -0.2) is 55.1 Å². The van der Waals surface area contributed by atoms with Crippen molar-refractivity contribution in [3.05, 3.63) is 59.3 Å². The number of benzene rings is 2. The SMILES string of the molecule is COc1ccc2nc(C)c(C(N)=O)c(-c3ccc(C(=O)N4CCCOCC4)cc3)c2c1. The number of amides is 2. The number of pyridine rings is 1. The topological polar surface area (TPSA) is 94.8 Å². The fourth-order valence-electron chi connectivity index (χ4n) is 4.00. The Kier molecular flexibility index (Phi) is 5.86. The molecule has 0 saturated carbocycles. The van der Waals surface area contributed by atoms with Gasteiger partial charge in [0.05, 0.1) is 30.5 Å². The van der Waals surface area contributed by atoms with Crippen LogP contribution in [-0.2, 0) is 4.74 Å². The van der Waals surface area contributed by atoms with Crippen molar-refractivity contribution >= 4 is 22.7 Å². The molecule has 2 heterocycles. The number of carbonyl (C=O) groups excluding carboxylic acids is 2. The van der Waals surface area contributed by atoms with Gasteiger partial charge in [-0.05, 0) is 49.2 Å². The molecule has 0 spiro atoms. The Bertz CT molecular complexity index is 1130. The Morgan fingerprint density at radius 3 is 2.58 bits per heavy atom.